The number of piperidine rings is 1. The summed E-state index contributed by atoms with van der Waals surface area (Å²) in [6.45, 7) is 8.07. The van der Waals surface area contributed by atoms with E-state index in [4.69, 9.17) is 0 Å². The van der Waals surface area contributed by atoms with Crippen molar-refractivity contribution in [1.29, 1.82) is 0 Å². The molecule has 1 amide bonds. The molecule has 0 bridgehead atoms. The maximum Gasteiger partial charge on any atom is 0.220 e. The lowest BCUT2D eigenvalue weighted by molar-refractivity contribution is -0.139. The van der Waals surface area contributed by atoms with Crippen molar-refractivity contribution < 1.29 is 14.7 Å². The van der Waals surface area contributed by atoms with Crippen molar-refractivity contribution in [3.05, 3.63) is 11.6 Å². The molecule has 8 atom stereocenters. The monoisotopic (exact) mass is 371 g/mol. The summed E-state index contributed by atoms with van der Waals surface area (Å²) in [5.41, 5.74) is 1.11. The molecular formula is C23H33NO3. The highest BCUT2D eigenvalue weighted by Gasteiger charge is 2.82. The number of likely N-dealkylation sites (tertiary alicyclic amines) is 1. The minimum Gasteiger partial charge on any atom is -0.393 e. The number of amides is 1. The summed E-state index contributed by atoms with van der Waals surface area (Å²) in [4.78, 5) is 27.0. The molecule has 0 aromatic heterocycles. The topological polar surface area (TPSA) is 57.4 Å². The average Bonchev–Trinajstić information content (AvgIpc) is 3.21. The molecule has 0 spiro atoms. The number of carbonyl (C=O) groups is 2. The third-order valence-corrected chi connectivity index (χ3v) is 9.80. The molecule has 1 heterocycles. The van der Waals surface area contributed by atoms with Crippen molar-refractivity contribution in [2.75, 3.05) is 0 Å². The van der Waals surface area contributed by atoms with Gasteiger partial charge in [0.2, 0.25) is 5.91 Å². The number of rotatable bonds is 1. The van der Waals surface area contributed by atoms with E-state index in [2.05, 4.69) is 19.9 Å². The number of aliphatic hydroxyl groups excluding tert-OH is 1. The Bertz CT molecular complexity index is 759. The average molecular weight is 372 g/mol. The number of ketones is 1. The van der Waals surface area contributed by atoms with Crippen LogP contribution in [0.25, 0.3) is 0 Å². The van der Waals surface area contributed by atoms with Crippen molar-refractivity contribution in [3.63, 3.8) is 0 Å². The number of allylic oxidation sites excluding steroid dienone is 1. The molecule has 1 N–H and O–H groups in total. The summed E-state index contributed by atoms with van der Waals surface area (Å²) in [7, 11) is 0. The van der Waals surface area contributed by atoms with E-state index < -0.39 is 5.54 Å². The molecule has 0 aromatic carbocycles. The van der Waals surface area contributed by atoms with Gasteiger partial charge in [0, 0.05) is 12.3 Å². The van der Waals surface area contributed by atoms with Gasteiger partial charge >= 0.3 is 0 Å². The highest BCUT2D eigenvalue weighted by atomic mass is 16.3. The Hall–Kier alpha value is -1.16. The Morgan fingerprint density at radius 3 is 2.56 bits per heavy atom. The van der Waals surface area contributed by atoms with Gasteiger partial charge in [0.05, 0.1) is 12.1 Å². The molecule has 0 unspecified atom stereocenters. The highest BCUT2D eigenvalue weighted by Crippen LogP contribution is 2.74. The van der Waals surface area contributed by atoms with Crippen LogP contribution in [0, 0.1) is 28.6 Å². The van der Waals surface area contributed by atoms with E-state index in [1.807, 2.05) is 4.90 Å². The number of aliphatic hydroxyl groups is 1. The number of Topliss-reactive ketones (excluding diaryl/α,β-unsaturated/α-hetero) is 1. The van der Waals surface area contributed by atoms with Crippen molar-refractivity contribution in [1.82, 2.24) is 4.90 Å². The number of carbonyl (C=O) groups excluding carboxylic acids is 2. The Kier molecular flexibility index (Phi) is 3.48. The summed E-state index contributed by atoms with van der Waals surface area (Å²) in [6.07, 6.45) is 9.39. The van der Waals surface area contributed by atoms with Crippen molar-refractivity contribution in [2.24, 2.45) is 28.6 Å². The van der Waals surface area contributed by atoms with Crippen LogP contribution < -0.4 is 0 Å². The fourth-order valence-electron chi connectivity index (χ4n) is 8.66. The first kappa shape index (κ1) is 17.9. The molecule has 1 aliphatic heterocycles. The van der Waals surface area contributed by atoms with Gasteiger partial charge in [-0.2, -0.15) is 0 Å². The van der Waals surface area contributed by atoms with Gasteiger partial charge in [0.15, 0.2) is 5.78 Å². The van der Waals surface area contributed by atoms with E-state index in [-0.39, 0.29) is 34.7 Å². The molecule has 0 radical (unpaired) electrons. The van der Waals surface area contributed by atoms with Gasteiger partial charge in [-0.05, 0) is 75.0 Å². The van der Waals surface area contributed by atoms with E-state index in [9.17, 15) is 14.7 Å². The predicted octanol–water partition coefficient (Wildman–Crippen LogP) is 3.48. The van der Waals surface area contributed by atoms with Crippen LogP contribution in [0.1, 0.15) is 72.6 Å². The molecule has 27 heavy (non-hydrogen) atoms. The quantitative estimate of drug-likeness (QED) is 0.567. The first-order valence-corrected chi connectivity index (χ1v) is 10.9. The van der Waals surface area contributed by atoms with Crippen molar-refractivity contribution in [3.8, 4) is 0 Å². The van der Waals surface area contributed by atoms with E-state index in [1.54, 1.807) is 13.8 Å². The zero-order valence-electron chi connectivity index (χ0n) is 17.1. The van der Waals surface area contributed by atoms with E-state index in [1.165, 1.54) is 5.57 Å². The molecule has 3 saturated carbocycles. The molecule has 148 valence electrons. The van der Waals surface area contributed by atoms with Gasteiger partial charge in [-0.25, -0.2) is 0 Å². The molecular weight excluding hydrogens is 338 g/mol. The maximum absolute atomic E-state index is 12.8. The standard InChI is InChI=1S/C23H33NO3/c1-13(25)23-20(24(23)14(2)26)12-19-17-6-5-15-11-16(27)7-9-21(15,3)18(17)8-10-22(19,23)4/h5,16-20,27H,6-12H2,1-4H3/t16-,17-,18-,19-,20+,21-,22-,23+,24?/m0/s1. The minimum absolute atomic E-state index is 0.0658. The number of hydrogen-bond donors (Lipinski definition) is 1. The molecule has 4 nitrogen and oxygen atoms in total. The van der Waals surface area contributed by atoms with Crippen LogP contribution >= 0.6 is 0 Å². The van der Waals surface area contributed by atoms with Gasteiger partial charge in [0.25, 0.3) is 0 Å². The predicted molar refractivity (Wildman–Crippen MR) is 103 cm³/mol. The molecule has 5 aliphatic rings. The molecule has 4 fully saturated rings. The van der Waals surface area contributed by atoms with E-state index in [0.717, 1.165) is 44.9 Å². The summed E-state index contributed by atoms with van der Waals surface area (Å²) < 4.78 is 0. The largest absolute Gasteiger partial charge is 0.393 e. The van der Waals surface area contributed by atoms with Gasteiger partial charge in [-0.15, -0.1) is 0 Å². The SMILES string of the molecule is CC(=O)N1[C@@H]2C[C@H]3[C@H]4CC=C5C[C@@H](O)CC[C@]5(C)[C@H]4CC[C@]3(C)[C@@]21C(C)=O. The van der Waals surface area contributed by atoms with Crippen LogP contribution in [0.4, 0.5) is 0 Å². The normalized spacial score (nSPS) is 52.9. The second-order valence-corrected chi connectivity index (χ2v) is 10.6. The van der Waals surface area contributed by atoms with Crippen molar-refractivity contribution >= 4 is 11.7 Å². The number of hydrogen-bond acceptors (Lipinski definition) is 3. The molecule has 4 heteroatoms. The van der Waals surface area contributed by atoms with Crippen LogP contribution in [-0.2, 0) is 9.59 Å². The zero-order valence-corrected chi connectivity index (χ0v) is 17.1. The summed E-state index contributed by atoms with van der Waals surface area (Å²) >= 11 is 0. The Labute approximate surface area is 162 Å². The summed E-state index contributed by atoms with van der Waals surface area (Å²) in [6, 6.07) is 0.132. The van der Waals surface area contributed by atoms with Crippen LogP contribution in [0.2, 0.25) is 0 Å². The van der Waals surface area contributed by atoms with Gasteiger partial charge in [0.1, 0.15) is 5.54 Å². The number of fused-ring (bicyclic) bond motifs is 7. The summed E-state index contributed by atoms with van der Waals surface area (Å²) in [5.74, 6) is 2.07. The molecule has 0 aromatic rings. The Morgan fingerprint density at radius 1 is 1.15 bits per heavy atom. The van der Waals surface area contributed by atoms with Crippen LogP contribution in [0.3, 0.4) is 0 Å². The van der Waals surface area contributed by atoms with Gasteiger partial charge in [-0.3, -0.25) is 9.59 Å². The smallest absolute Gasteiger partial charge is 0.220 e. The second kappa shape index (κ2) is 5.25. The first-order valence-electron chi connectivity index (χ1n) is 10.9. The lowest BCUT2D eigenvalue weighted by atomic mass is 9.46. The van der Waals surface area contributed by atoms with Crippen molar-refractivity contribution in [2.45, 2.75) is 90.3 Å². The lowest BCUT2D eigenvalue weighted by Gasteiger charge is -2.58. The Morgan fingerprint density at radius 2 is 1.89 bits per heavy atom. The third kappa shape index (κ3) is 1.89. The lowest BCUT2D eigenvalue weighted by Crippen LogP contribution is -2.56. The van der Waals surface area contributed by atoms with Gasteiger partial charge < -0.3 is 10.0 Å². The maximum atomic E-state index is 12.8. The summed E-state index contributed by atoms with van der Waals surface area (Å²) in [5, 5.41) is 10.2. The minimum atomic E-state index is -0.526. The first-order chi connectivity index (χ1) is 12.7. The van der Waals surface area contributed by atoms with Crippen LogP contribution in [-0.4, -0.2) is 39.4 Å². The Balaban J connectivity index is 1.52. The zero-order chi connectivity index (χ0) is 19.4. The third-order valence-electron chi connectivity index (χ3n) is 9.80. The molecule has 4 aliphatic carbocycles. The fourth-order valence-corrected chi connectivity index (χ4v) is 8.66. The van der Waals surface area contributed by atoms with E-state index in [0.29, 0.717) is 17.8 Å². The molecule has 5 rings (SSSR count). The number of nitrogens with zero attached hydrogens (tertiary/aromatic N) is 1. The van der Waals surface area contributed by atoms with E-state index >= 15 is 0 Å². The van der Waals surface area contributed by atoms with Gasteiger partial charge in [-0.1, -0.05) is 25.5 Å². The molecule has 1 saturated heterocycles. The fraction of sp³-hybridized carbons (Fsp3) is 0.826. The van der Waals surface area contributed by atoms with Crippen LogP contribution in [0.15, 0.2) is 11.6 Å². The second-order valence-electron chi connectivity index (χ2n) is 10.6. The van der Waals surface area contributed by atoms with Crippen LogP contribution in [0.5, 0.6) is 0 Å². The highest BCUT2D eigenvalue weighted by molar-refractivity contribution is 5.99.